The van der Waals surface area contributed by atoms with Crippen LogP contribution in [0.2, 0.25) is 0 Å². The second-order valence-electron chi connectivity index (χ2n) is 6.94. The van der Waals surface area contributed by atoms with Crippen LogP contribution in [0.5, 0.6) is 0 Å². The summed E-state index contributed by atoms with van der Waals surface area (Å²) in [5.41, 5.74) is 3.88. The van der Waals surface area contributed by atoms with Crippen LogP contribution in [0.25, 0.3) is 28.0 Å². The van der Waals surface area contributed by atoms with Gasteiger partial charge in [0.25, 0.3) is 5.69 Å². The minimum Gasteiger partial charge on any atom is -0.361 e. The largest absolute Gasteiger partial charge is 0.361 e. The Balaban J connectivity index is 1.59. The van der Waals surface area contributed by atoms with Crippen LogP contribution in [0.15, 0.2) is 85.1 Å². The van der Waals surface area contributed by atoms with Crippen LogP contribution in [-0.4, -0.2) is 24.7 Å². The lowest BCUT2D eigenvalue weighted by Crippen LogP contribution is -2.00. The molecular weight excluding hydrogens is 378 g/mol. The number of hydrogen-bond acceptors (Lipinski definition) is 4. The molecule has 0 unspecified atom stereocenters. The van der Waals surface area contributed by atoms with E-state index in [0.717, 1.165) is 27.7 Å². The van der Waals surface area contributed by atoms with E-state index in [2.05, 4.69) is 11.1 Å². The minimum atomic E-state index is -0.409. The molecule has 0 aliphatic rings. The molecule has 0 spiro atoms. The maximum absolute atomic E-state index is 11.0. The van der Waals surface area contributed by atoms with Gasteiger partial charge in [-0.05, 0) is 35.9 Å². The molecule has 0 bridgehead atoms. The molecule has 0 atom stereocenters. The third kappa shape index (κ3) is 3.22. The number of H-pyrrole nitrogens is 1. The summed E-state index contributed by atoms with van der Waals surface area (Å²) in [6.07, 6.45) is 2.56. The van der Waals surface area contributed by atoms with E-state index in [9.17, 15) is 10.1 Å². The third-order valence-corrected chi connectivity index (χ3v) is 5.01. The fraction of sp³-hybridized carbons (Fsp3) is 0.0435. The Morgan fingerprint density at radius 3 is 2.43 bits per heavy atom. The second kappa shape index (κ2) is 7.29. The maximum atomic E-state index is 11.0. The maximum Gasteiger partial charge on any atom is 0.269 e. The number of nitrogens with one attached hydrogen (secondary N) is 1. The highest BCUT2D eigenvalue weighted by molar-refractivity contribution is 5.83. The average molecular weight is 395 g/mol. The van der Waals surface area contributed by atoms with Crippen LogP contribution in [-0.2, 0) is 6.42 Å². The van der Waals surface area contributed by atoms with Gasteiger partial charge in [-0.1, -0.05) is 36.4 Å². The third-order valence-electron chi connectivity index (χ3n) is 5.01. The van der Waals surface area contributed by atoms with E-state index in [-0.39, 0.29) is 5.69 Å². The molecule has 0 aliphatic carbocycles. The summed E-state index contributed by atoms with van der Waals surface area (Å²) in [5.74, 6) is 1.32. The number of fused-ring (bicyclic) bond motifs is 1. The first-order valence-corrected chi connectivity index (χ1v) is 9.50. The molecule has 30 heavy (non-hydrogen) atoms. The van der Waals surface area contributed by atoms with E-state index in [1.807, 2.05) is 54.7 Å². The number of non-ortho nitro benzene ring substituents is 1. The number of nitro benzene ring substituents is 1. The molecular formula is C23H17N5O2. The molecule has 0 amide bonds. The van der Waals surface area contributed by atoms with E-state index in [1.165, 1.54) is 12.1 Å². The summed E-state index contributed by atoms with van der Waals surface area (Å²) in [6.45, 7) is 0. The van der Waals surface area contributed by atoms with Gasteiger partial charge in [0.05, 0.1) is 10.6 Å². The topological polar surface area (TPSA) is 89.6 Å². The molecule has 7 nitrogen and oxygen atoms in total. The van der Waals surface area contributed by atoms with Crippen molar-refractivity contribution >= 4 is 16.6 Å². The summed E-state index contributed by atoms with van der Waals surface area (Å²) in [6, 6.07) is 24.2. The van der Waals surface area contributed by atoms with Gasteiger partial charge in [0.2, 0.25) is 0 Å². The van der Waals surface area contributed by atoms with Gasteiger partial charge in [0, 0.05) is 41.2 Å². The van der Waals surface area contributed by atoms with Gasteiger partial charge in [0.15, 0.2) is 11.6 Å². The summed E-state index contributed by atoms with van der Waals surface area (Å²) in [7, 11) is 0. The van der Waals surface area contributed by atoms with Crippen LogP contribution in [0.3, 0.4) is 0 Å². The molecule has 2 aromatic heterocycles. The van der Waals surface area contributed by atoms with Crippen molar-refractivity contribution in [3.63, 3.8) is 0 Å². The van der Waals surface area contributed by atoms with E-state index in [4.69, 9.17) is 10.1 Å². The Labute approximate surface area is 171 Å². The van der Waals surface area contributed by atoms with Crippen LogP contribution in [0.4, 0.5) is 5.69 Å². The number of nitro groups is 1. The Hall–Kier alpha value is -4.26. The number of para-hydroxylation sites is 2. The molecule has 5 rings (SSSR count). The Bertz CT molecular complexity index is 1340. The van der Waals surface area contributed by atoms with Crippen LogP contribution < -0.4 is 0 Å². The molecule has 146 valence electrons. The first-order chi connectivity index (χ1) is 14.7. The van der Waals surface area contributed by atoms with Crippen molar-refractivity contribution in [2.75, 3.05) is 0 Å². The average Bonchev–Trinajstić information content (AvgIpc) is 3.39. The molecule has 0 saturated heterocycles. The first kappa shape index (κ1) is 17.8. The summed E-state index contributed by atoms with van der Waals surface area (Å²) < 4.78 is 1.78. The highest BCUT2D eigenvalue weighted by atomic mass is 16.6. The Morgan fingerprint density at radius 2 is 1.67 bits per heavy atom. The molecule has 2 heterocycles. The normalized spacial score (nSPS) is 11.1. The van der Waals surface area contributed by atoms with Gasteiger partial charge in [-0.2, -0.15) is 5.10 Å². The quantitative estimate of drug-likeness (QED) is 0.338. The van der Waals surface area contributed by atoms with Crippen LogP contribution in [0, 0.1) is 10.1 Å². The molecule has 5 aromatic rings. The predicted molar refractivity (Wildman–Crippen MR) is 115 cm³/mol. The van der Waals surface area contributed by atoms with Crippen molar-refractivity contribution in [3.05, 3.63) is 107 Å². The van der Waals surface area contributed by atoms with Gasteiger partial charge in [-0.25, -0.2) is 9.67 Å². The lowest BCUT2D eigenvalue weighted by Gasteiger charge is -2.05. The van der Waals surface area contributed by atoms with Gasteiger partial charge >= 0.3 is 0 Å². The fourth-order valence-electron chi connectivity index (χ4n) is 3.55. The van der Waals surface area contributed by atoms with Crippen molar-refractivity contribution in [3.8, 4) is 17.1 Å². The molecule has 1 N–H and O–H groups in total. The number of benzene rings is 3. The summed E-state index contributed by atoms with van der Waals surface area (Å²) >= 11 is 0. The summed E-state index contributed by atoms with van der Waals surface area (Å²) in [4.78, 5) is 18.7. The number of rotatable bonds is 5. The van der Waals surface area contributed by atoms with Gasteiger partial charge in [-0.3, -0.25) is 10.1 Å². The molecule has 7 heteroatoms. The van der Waals surface area contributed by atoms with Crippen molar-refractivity contribution in [1.82, 2.24) is 19.7 Å². The van der Waals surface area contributed by atoms with Crippen LogP contribution >= 0.6 is 0 Å². The molecule has 0 aliphatic heterocycles. The predicted octanol–water partition coefficient (Wildman–Crippen LogP) is 4.91. The highest BCUT2D eigenvalue weighted by Gasteiger charge is 2.16. The molecule has 0 radical (unpaired) electrons. The number of aromatic nitrogens is 4. The number of nitrogens with zero attached hydrogens (tertiary/aromatic N) is 4. The van der Waals surface area contributed by atoms with E-state index >= 15 is 0 Å². The zero-order valence-electron chi connectivity index (χ0n) is 15.9. The van der Waals surface area contributed by atoms with Gasteiger partial charge in [-0.15, -0.1) is 0 Å². The Morgan fingerprint density at radius 1 is 0.933 bits per heavy atom. The van der Waals surface area contributed by atoms with Crippen molar-refractivity contribution in [2.45, 2.75) is 6.42 Å². The van der Waals surface area contributed by atoms with E-state index < -0.39 is 4.92 Å². The first-order valence-electron chi connectivity index (χ1n) is 9.50. The van der Waals surface area contributed by atoms with E-state index in [0.29, 0.717) is 18.1 Å². The highest BCUT2D eigenvalue weighted by Crippen LogP contribution is 2.26. The number of aromatic amines is 1. The van der Waals surface area contributed by atoms with Gasteiger partial charge < -0.3 is 4.98 Å². The number of hydrogen-bond donors (Lipinski definition) is 1. The van der Waals surface area contributed by atoms with Crippen molar-refractivity contribution in [1.29, 1.82) is 0 Å². The van der Waals surface area contributed by atoms with Crippen molar-refractivity contribution < 1.29 is 4.92 Å². The standard InChI is InChI=1S/C23H17N5O2/c29-28(30)19-12-10-16(11-13-19)23-25-22(26-27(23)18-6-2-1-3-7-18)14-17-15-24-21-9-5-4-8-20(17)21/h1-13,15,24H,14H2. The monoisotopic (exact) mass is 395 g/mol. The van der Waals surface area contributed by atoms with Gasteiger partial charge in [0.1, 0.15) is 0 Å². The summed E-state index contributed by atoms with van der Waals surface area (Å²) in [5, 5.41) is 16.9. The Kier molecular flexibility index (Phi) is 4.33. The lowest BCUT2D eigenvalue weighted by molar-refractivity contribution is -0.384. The van der Waals surface area contributed by atoms with Crippen molar-refractivity contribution in [2.24, 2.45) is 0 Å². The molecule has 0 saturated carbocycles. The van der Waals surface area contributed by atoms with E-state index in [1.54, 1.807) is 16.8 Å². The molecule has 3 aromatic carbocycles. The second-order valence-corrected chi connectivity index (χ2v) is 6.94. The molecule has 0 fully saturated rings. The minimum absolute atomic E-state index is 0.0449. The van der Waals surface area contributed by atoms with Crippen LogP contribution in [0.1, 0.15) is 11.4 Å². The zero-order chi connectivity index (χ0) is 20.5. The zero-order valence-corrected chi connectivity index (χ0v) is 15.9. The smallest absolute Gasteiger partial charge is 0.269 e. The lowest BCUT2D eigenvalue weighted by atomic mass is 10.1. The SMILES string of the molecule is O=[N+]([O-])c1ccc(-c2nc(Cc3c[nH]c4ccccc34)nn2-c2ccccc2)cc1. The fourth-order valence-corrected chi connectivity index (χ4v) is 3.55.